The van der Waals surface area contributed by atoms with Gasteiger partial charge in [0.1, 0.15) is 11.5 Å². The van der Waals surface area contributed by atoms with E-state index in [1.54, 1.807) is 25.3 Å². The lowest BCUT2D eigenvalue weighted by molar-refractivity contribution is 0.0940. The van der Waals surface area contributed by atoms with Crippen molar-refractivity contribution < 1.29 is 14.3 Å². The van der Waals surface area contributed by atoms with Gasteiger partial charge in [0.25, 0.3) is 5.91 Å². The van der Waals surface area contributed by atoms with Crippen LogP contribution in [0.15, 0.2) is 30.3 Å². The van der Waals surface area contributed by atoms with Crippen LogP contribution in [0.1, 0.15) is 66.7 Å². The van der Waals surface area contributed by atoms with Gasteiger partial charge < -0.3 is 14.8 Å². The molecule has 0 aromatic heterocycles. The van der Waals surface area contributed by atoms with Crippen LogP contribution in [-0.2, 0) is 0 Å². The van der Waals surface area contributed by atoms with E-state index >= 15 is 0 Å². The maximum atomic E-state index is 12.7. The molecule has 0 saturated carbocycles. The van der Waals surface area contributed by atoms with Crippen LogP contribution < -0.4 is 14.8 Å². The minimum atomic E-state index is -0.172. The third-order valence-corrected chi connectivity index (χ3v) is 4.84. The van der Waals surface area contributed by atoms with Crippen LogP contribution in [0, 0.1) is 6.92 Å². The van der Waals surface area contributed by atoms with Gasteiger partial charge in [0.2, 0.25) is 0 Å². The van der Waals surface area contributed by atoms with Crippen molar-refractivity contribution in [3.63, 3.8) is 0 Å². The normalized spacial score (nSPS) is 12.0. The Morgan fingerprint density at radius 1 is 1.11 bits per heavy atom. The molecule has 5 heteroatoms. The fourth-order valence-electron chi connectivity index (χ4n) is 3.08. The molecule has 0 saturated heterocycles. The number of hydrogen-bond donors (Lipinski definition) is 1. The SMILES string of the molecule is CCOc1ccc(C(=O)N[C@@H](C)c2cc(C(C)C)c(OC)cc2C)cc1Cl. The van der Waals surface area contributed by atoms with E-state index in [1.807, 2.05) is 26.8 Å². The third kappa shape index (κ3) is 4.95. The predicted molar refractivity (Wildman–Crippen MR) is 110 cm³/mol. The average Bonchev–Trinajstić information content (AvgIpc) is 2.62. The van der Waals surface area contributed by atoms with E-state index in [0.29, 0.717) is 28.9 Å². The molecule has 0 fully saturated rings. The molecule has 0 aliphatic heterocycles. The molecule has 146 valence electrons. The second-order valence-corrected chi connectivity index (χ2v) is 7.29. The summed E-state index contributed by atoms with van der Waals surface area (Å²) in [7, 11) is 1.68. The summed E-state index contributed by atoms with van der Waals surface area (Å²) in [5, 5.41) is 3.49. The van der Waals surface area contributed by atoms with Gasteiger partial charge in [0.05, 0.1) is 24.8 Å². The van der Waals surface area contributed by atoms with E-state index in [-0.39, 0.29) is 11.9 Å². The van der Waals surface area contributed by atoms with Crippen molar-refractivity contribution in [3.8, 4) is 11.5 Å². The number of nitrogens with one attached hydrogen (secondary N) is 1. The average molecular weight is 390 g/mol. The number of ether oxygens (including phenoxy) is 2. The first-order valence-electron chi connectivity index (χ1n) is 9.20. The number of methoxy groups -OCH3 is 1. The van der Waals surface area contributed by atoms with Crippen LogP contribution in [0.2, 0.25) is 5.02 Å². The molecule has 2 aromatic carbocycles. The topological polar surface area (TPSA) is 47.6 Å². The summed E-state index contributed by atoms with van der Waals surface area (Å²) in [4.78, 5) is 12.7. The smallest absolute Gasteiger partial charge is 0.251 e. The van der Waals surface area contributed by atoms with E-state index in [4.69, 9.17) is 21.1 Å². The first-order valence-corrected chi connectivity index (χ1v) is 9.57. The Balaban J connectivity index is 2.24. The number of hydrogen-bond acceptors (Lipinski definition) is 3. The van der Waals surface area contributed by atoms with E-state index in [1.165, 1.54) is 0 Å². The van der Waals surface area contributed by atoms with Crippen LogP contribution >= 0.6 is 11.6 Å². The van der Waals surface area contributed by atoms with Crippen molar-refractivity contribution >= 4 is 17.5 Å². The highest BCUT2D eigenvalue weighted by molar-refractivity contribution is 6.32. The standard InChI is InChI=1S/C22H28ClNO3/c1-7-27-20-9-8-16(11-19(20)23)22(25)24-15(5)18-12-17(13(2)3)21(26-6)10-14(18)4/h8-13,15H,7H2,1-6H3,(H,24,25)/t15-/m0/s1. The number of halogens is 1. The Hall–Kier alpha value is -2.20. The van der Waals surface area contributed by atoms with Crippen molar-refractivity contribution in [2.24, 2.45) is 0 Å². The molecule has 1 amide bonds. The molecule has 0 aliphatic rings. The highest BCUT2D eigenvalue weighted by Gasteiger charge is 2.18. The summed E-state index contributed by atoms with van der Waals surface area (Å²) in [5.74, 6) is 1.61. The molecule has 2 aromatic rings. The molecule has 0 heterocycles. The van der Waals surface area contributed by atoms with Crippen LogP contribution in [0.4, 0.5) is 0 Å². The molecule has 0 bridgehead atoms. The van der Waals surface area contributed by atoms with Crippen LogP contribution in [0.3, 0.4) is 0 Å². The van der Waals surface area contributed by atoms with Crippen LogP contribution in [0.25, 0.3) is 0 Å². The second kappa shape index (κ2) is 9.14. The van der Waals surface area contributed by atoms with Crippen molar-refractivity contribution in [1.82, 2.24) is 5.32 Å². The summed E-state index contributed by atoms with van der Waals surface area (Å²) in [6, 6.07) is 9.08. The Bertz CT molecular complexity index is 817. The third-order valence-electron chi connectivity index (χ3n) is 4.55. The van der Waals surface area contributed by atoms with Gasteiger partial charge >= 0.3 is 0 Å². The Morgan fingerprint density at radius 2 is 1.81 bits per heavy atom. The van der Waals surface area contributed by atoms with Gasteiger partial charge in [-0.2, -0.15) is 0 Å². The van der Waals surface area contributed by atoms with Crippen LogP contribution in [-0.4, -0.2) is 19.6 Å². The van der Waals surface area contributed by atoms with E-state index < -0.39 is 0 Å². The first kappa shape index (κ1) is 21.1. The molecule has 1 atom stereocenters. The molecule has 0 radical (unpaired) electrons. The van der Waals surface area contributed by atoms with Gasteiger partial charge in [-0.05, 0) is 73.7 Å². The number of benzene rings is 2. The molecule has 27 heavy (non-hydrogen) atoms. The van der Waals surface area contributed by atoms with Gasteiger partial charge in [-0.3, -0.25) is 4.79 Å². The van der Waals surface area contributed by atoms with E-state index in [0.717, 1.165) is 22.4 Å². The predicted octanol–water partition coefficient (Wildman–Crippen LogP) is 5.67. The summed E-state index contributed by atoms with van der Waals surface area (Å²) in [5.41, 5.74) is 3.78. The minimum Gasteiger partial charge on any atom is -0.496 e. The Kier molecular flexibility index (Phi) is 7.14. The number of amides is 1. The Labute approximate surface area is 166 Å². The van der Waals surface area contributed by atoms with E-state index in [9.17, 15) is 4.79 Å². The van der Waals surface area contributed by atoms with Crippen molar-refractivity contribution in [3.05, 3.63) is 57.6 Å². The molecule has 0 unspecified atom stereocenters. The molecule has 0 spiro atoms. The largest absolute Gasteiger partial charge is 0.496 e. The molecule has 2 rings (SSSR count). The zero-order chi connectivity index (χ0) is 20.1. The quantitative estimate of drug-likeness (QED) is 0.663. The molecule has 1 N–H and O–H groups in total. The zero-order valence-corrected chi connectivity index (χ0v) is 17.6. The van der Waals surface area contributed by atoms with Crippen molar-refractivity contribution in [2.45, 2.75) is 46.6 Å². The molecule has 0 aliphatic carbocycles. The van der Waals surface area contributed by atoms with E-state index in [2.05, 4.69) is 25.2 Å². The zero-order valence-electron chi connectivity index (χ0n) is 16.9. The number of carbonyl (C=O) groups excluding carboxylic acids is 1. The fourth-order valence-corrected chi connectivity index (χ4v) is 3.32. The fraction of sp³-hybridized carbons (Fsp3) is 0.409. The first-order chi connectivity index (χ1) is 12.8. The molecule has 4 nitrogen and oxygen atoms in total. The summed E-state index contributed by atoms with van der Waals surface area (Å²) >= 11 is 6.20. The Morgan fingerprint density at radius 3 is 2.37 bits per heavy atom. The second-order valence-electron chi connectivity index (χ2n) is 6.88. The molecular weight excluding hydrogens is 362 g/mol. The summed E-state index contributed by atoms with van der Waals surface area (Å²) < 4.78 is 10.9. The van der Waals surface area contributed by atoms with Gasteiger partial charge in [-0.1, -0.05) is 25.4 Å². The van der Waals surface area contributed by atoms with Crippen LogP contribution in [0.5, 0.6) is 11.5 Å². The summed E-state index contributed by atoms with van der Waals surface area (Å²) in [6.45, 7) is 10.7. The van der Waals surface area contributed by atoms with Crippen molar-refractivity contribution in [1.29, 1.82) is 0 Å². The maximum absolute atomic E-state index is 12.7. The number of rotatable bonds is 7. The monoisotopic (exact) mass is 389 g/mol. The number of carbonyl (C=O) groups is 1. The summed E-state index contributed by atoms with van der Waals surface area (Å²) in [6.07, 6.45) is 0. The maximum Gasteiger partial charge on any atom is 0.251 e. The van der Waals surface area contributed by atoms with Crippen molar-refractivity contribution in [2.75, 3.05) is 13.7 Å². The lowest BCUT2D eigenvalue weighted by atomic mass is 9.93. The van der Waals surface area contributed by atoms with Gasteiger partial charge in [0, 0.05) is 5.56 Å². The highest BCUT2D eigenvalue weighted by atomic mass is 35.5. The lowest BCUT2D eigenvalue weighted by Crippen LogP contribution is -2.27. The van der Waals surface area contributed by atoms with Gasteiger partial charge in [-0.15, -0.1) is 0 Å². The number of aryl methyl sites for hydroxylation is 1. The van der Waals surface area contributed by atoms with Gasteiger partial charge in [-0.25, -0.2) is 0 Å². The van der Waals surface area contributed by atoms with Gasteiger partial charge in [0.15, 0.2) is 0 Å². The highest BCUT2D eigenvalue weighted by Crippen LogP contribution is 2.32. The molecular formula is C22H28ClNO3. The lowest BCUT2D eigenvalue weighted by Gasteiger charge is -2.21. The minimum absolute atomic E-state index is 0.147.